The maximum Gasteiger partial charge on any atom is 0.287 e. The molecular weight excluding hydrogens is 346 g/mol. The number of nitrogens with one attached hydrogen (secondary N) is 1. The molecule has 2 aromatic rings. The number of hydrogen-bond donors (Lipinski definition) is 1. The van der Waals surface area contributed by atoms with Crippen molar-refractivity contribution in [2.75, 3.05) is 21.3 Å². The number of ketones is 1. The van der Waals surface area contributed by atoms with Crippen molar-refractivity contribution in [1.82, 2.24) is 5.32 Å². The van der Waals surface area contributed by atoms with E-state index in [9.17, 15) is 9.59 Å². The molecule has 0 unspecified atom stereocenters. The first kappa shape index (κ1) is 20.3. The Balaban J connectivity index is 1.92. The van der Waals surface area contributed by atoms with E-state index < -0.39 is 11.7 Å². The highest BCUT2D eigenvalue weighted by molar-refractivity contribution is 6.36. The normalized spacial score (nSPS) is 10.2. The SMILES string of the molecule is COc1ccc(CCC(=O)C(=O)NCc2ccc(C)cc2OC)c(OC)c1. The average molecular weight is 371 g/mol. The molecule has 0 aromatic heterocycles. The van der Waals surface area contributed by atoms with Gasteiger partial charge in [0.15, 0.2) is 0 Å². The van der Waals surface area contributed by atoms with Gasteiger partial charge in [-0.15, -0.1) is 0 Å². The van der Waals surface area contributed by atoms with E-state index in [0.717, 1.165) is 16.7 Å². The largest absolute Gasteiger partial charge is 0.497 e. The van der Waals surface area contributed by atoms with Gasteiger partial charge in [0.2, 0.25) is 5.78 Å². The van der Waals surface area contributed by atoms with E-state index in [4.69, 9.17) is 14.2 Å². The Morgan fingerprint density at radius 3 is 2.22 bits per heavy atom. The number of carbonyl (C=O) groups is 2. The predicted octanol–water partition coefficient (Wildman–Crippen LogP) is 2.84. The number of benzene rings is 2. The fraction of sp³-hybridized carbons (Fsp3) is 0.333. The highest BCUT2D eigenvalue weighted by Crippen LogP contribution is 2.25. The van der Waals surface area contributed by atoms with Crippen LogP contribution in [0.2, 0.25) is 0 Å². The molecule has 1 amide bonds. The lowest BCUT2D eigenvalue weighted by Gasteiger charge is -2.11. The van der Waals surface area contributed by atoms with Crippen LogP contribution in [0.4, 0.5) is 0 Å². The van der Waals surface area contributed by atoms with Crippen LogP contribution in [0.3, 0.4) is 0 Å². The molecule has 0 radical (unpaired) electrons. The molecule has 0 aliphatic carbocycles. The topological polar surface area (TPSA) is 73.9 Å². The molecule has 0 saturated heterocycles. The molecule has 0 aliphatic heterocycles. The highest BCUT2D eigenvalue weighted by Gasteiger charge is 2.15. The minimum atomic E-state index is -0.606. The molecule has 2 aromatic carbocycles. The van der Waals surface area contributed by atoms with Crippen LogP contribution in [-0.4, -0.2) is 33.0 Å². The van der Waals surface area contributed by atoms with Gasteiger partial charge in [-0.2, -0.15) is 0 Å². The summed E-state index contributed by atoms with van der Waals surface area (Å²) in [5, 5.41) is 2.66. The van der Waals surface area contributed by atoms with Gasteiger partial charge in [-0.3, -0.25) is 9.59 Å². The first-order valence-electron chi connectivity index (χ1n) is 8.64. The third-order valence-electron chi connectivity index (χ3n) is 4.25. The van der Waals surface area contributed by atoms with E-state index in [-0.39, 0.29) is 13.0 Å². The third kappa shape index (κ3) is 5.48. The fourth-order valence-electron chi connectivity index (χ4n) is 2.69. The zero-order chi connectivity index (χ0) is 19.8. The van der Waals surface area contributed by atoms with Crippen LogP contribution >= 0.6 is 0 Å². The summed E-state index contributed by atoms with van der Waals surface area (Å²) in [4.78, 5) is 24.3. The zero-order valence-corrected chi connectivity index (χ0v) is 16.1. The molecular formula is C21H25NO5. The van der Waals surface area contributed by atoms with E-state index >= 15 is 0 Å². The van der Waals surface area contributed by atoms with Crippen molar-refractivity contribution in [2.24, 2.45) is 0 Å². The first-order chi connectivity index (χ1) is 13.0. The molecule has 27 heavy (non-hydrogen) atoms. The molecule has 0 spiro atoms. The van der Waals surface area contributed by atoms with E-state index in [1.165, 1.54) is 0 Å². The number of Topliss-reactive ketones (excluding diaryl/α,β-unsaturated/α-hetero) is 1. The number of carbonyl (C=O) groups excluding carboxylic acids is 2. The van der Waals surface area contributed by atoms with E-state index in [2.05, 4.69) is 5.32 Å². The van der Waals surface area contributed by atoms with Crippen molar-refractivity contribution in [3.05, 3.63) is 53.1 Å². The minimum absolute atomic E-state index is 0.0968. The smallest absolute Gasteiger partial charge is 0.287 e. The Labute approximate surface area is 159 Å². The van der Waals surface area contributed by atoms with Crippen molar-refractivity contribution in [2.45, 2.75) is 26.3 Å². The van der Waals surface area contributed by atoms with E-state index in [1.807, 2.05) is 31.2 Å². The van der Waals surface area contributed by atoms with Crippen LogP contribution in [-0.2, 0) is 22.6 Å². The summed E-state index contributed by atoms with van der Waals surface area (Å²) in [5.41, 5.74) is 2.73. The van der Waals surface area contributed by atoms with Gasteiger partial charge in [-0.25, -0.2) is 0 Å². The number of ether oxygens (including phenoxy) is 3. The summed E-state index contributed by atoms with van der Waals surface area (Å²) in [6.45, 7) is 2.20. The number of methoxy groups -OCH3 is 3. The standard InChI is InChI=1S/C21H25NO5/c1-14-5-6-16(19(11-14)26-3)13-22-21(24)18(23)10-8-15-7-9-17(25-2)12-20(15)27-4/h5-7,9,11-12H,8,10,13H2,1-4H3,(H,22,24). The Morgan fingerprint density at radius 1 is 0.889 bits per heavy atom. The summed E-state index contributed by atoms with van der Waals surface area (Å²) >= 11 is 0. The van der Waals surface area contributed by atoms with E-state index in [0.29, 0.717) is 23.7 Å². The average Bonchev–Trinajstić information content (AvgIpc) is 2.70. The number of hydrogen-bond acceptors (Lipinski definition) is 5. The highest BCUT2D eigenvalue weighted by atomic mass is 16.5. The van der Waals surface area contributed by atoms with Gasteiger partial charge < -0.3 is 19.5 Å². The second-order valence-corrected chi connectivity index (χ2v) is 6.10. The van der Waals surface area contributed by atoms with Gasteiger partial charge in [0, 0.05) is 24.6 Å². The van der Waals surface area contributed by atoms with Crippen LogP contribution in [0.1, 0.15) is 23.1 Å². The Kier molecular flexibility index (Phi) is 7.23. The molecule has 0 fully saturated rings. The fourth-order valence-corrected chi connectivity index (χ4v) is 2.69. The zero-order valence-electron chi connectivity index (χ0n) is 16.1. The number of amides is 1. The molecule has 0 heterocycles. The van der Waals surface area contributed by atoms with Crippen molar-refractivity contribution in [3.8, 4) is 17.2 Å². The Morgan fingerprint density at radius 2 is 1.56 bits per heavy atom. The van der Waals surface area contributed by atoms with Gasteiger partial charge >= 0.3 is 0 Å². The monoisotopic (exact) mass is 371 g/mol. The van der Waals surface area contributed by atoms with Crippen LogP contribution in [0.15, 0.2) is 36.4 Å². The summed E-state index contributed by atoms with van der Waals surface area (Å²) in [5.74, 6) is 0.911. The maximum absolute atomic E-state index is 12.2. The van der Waals surface area contributed by atoms with Crippen LogP contribution in [0, 0.1) is 6.92 Å². The van der Waals surface area contributed by atoms with Crippen LogP contribution in [0.25, 0.3) is 0 Å². The van der Waals surface area contributed by atoms with Gasteiger partial charge in [0.05, 0.1) is 21.3 Å². The lowest BCUT2D eigenvalue weighted by molar-refractivity contribution is -0.138. The summed E-state index contributed by atoms with van der Waals surface area (Å²) < 4.78 is 15.8. The molecule has 0 bridgehead atoms. The summed E-state index contributed by atoms with van der Waals surface area (Å²) in [7, 11) is 4.71. The molecule has 1 N–H and O–H groups in total. The van der Waals surface area contributed by atoms with Crippen molar-refractivity contribution >= 4 is 11.7 Å². The Bertz CT molecular complexity index is 816. The Hall–Kier alpha value is -3.02. The quantitative estimate of drug-likeness (QED) is 0.686. The van der Waals surface area contributed by atoms with Crippen LogP contribution in [0.5, 0.6) is 17.2 Å². The lowest BCUT2D eigenvalue weighted by atomic mass is 10.1. The van der Waals surface area contributed by atoms with Gasteiger partial charge in [0.1, 0.15) is 17.2 Å². The second kappa shape index (κ2) is 9.62. The molecule has 0 saturated carbocycles. The molecule has 6 nitrogen and oxygen atoms in total. The first-order valence-corrected chi connectivity index (χ1v) is 8.64. The molecule has 144 valence electrons. The number of rotatable bonds is 9. The van der Waals surface area contributed by atoms with Gasteiger partial charge in [-0.05, 0) is 36.6 Å². The van der Waals surface area contributed by atoms with Crippen molar-refractivity contribution in [3.63, 3.8) is 0 Å². The molecule has 6 heteroatoms. The van der Waals surface area contributed by atoms with Gasteiger partial charge in [0.25, 0.3) is 5.91 Å². The van der Waals surface area contributed by atoms with E-state index in [1.54, 1.807) is 33.5 Å². The summed E-state index contributed by atoms with van der Waals surface area (Å²) in [6, 6.07) is 11.1. The number of aryl methyl sites for hydroxylation is 2. The summed E-state index contributed by atoms with van der Waals surface area (Å²) in [6.07, 6.45) is 0.507. The van der Waals surface area contributed by atoms with Gasteiger partial charge in [-0.1, -0.05) is 18.2 Å². The predicted molar refractivity (Wildman–Crippen MR) is 102 cm³/mol. The minimum Gasteiger partial charge on any atom is -0.497 e. The van der Waals surface area contributed by atoms with Crippen molar-refractivity contribution in [1.29, 1.82) is 0 Å². The lowest BCUT2D eigenvalue weighted by Crippen LogP contribution is -2.30. The molecule has 0 atom stereocenters. The molecule has 0 aliphatic rings. The van der Waals surface area contributed by atoms with Crippen LogP contribution < -0.4 is 19.5 Å². The third-order valence-corrected chi connectivity index (χ3v) is 4.25. The molecule has 2 rings (SSSR count). The maximum atomic E-state index is 12.2. The van der Waals surface area contributed by atoms with Crippen molar-refractivity contribution < 1.29 is 23.8 Å². The second-order valence-electron chi connectivity index (χ2n) is 6.10.